The predicted octanol–water partition coefficient (Wildman–Crippen LogP) is 2.50. The number of aryl methyl sites for hydroxylation is 1. The minimum absolute atomic E-state index is 0.287. The fourth-order valence-corrected chi connectivity index (χ4v) is 1.80. The molecule has 0 saturated carbocycles. The van der Waals surface area contributed by atoms with Gasteiger partial charge in [-0.05, 0) is 31.7 Å². The standard InChI is InChI=1S/C15H20O4/c1-3-18-15(17)14(19-12(2)16)11-7-10-13-8-5-4-6-9-13/h4-6,8-9,14H,3,7,10-11H2,1-2H3. The smallest absolute Gasteiger partial charge is 0.347 e. The van der Waals surface area contributed by atoms with Gasteiger partial charge in [-0.2, -0.15) is 0 Å². The van der Waals surface area contributed by atoms with Crippen molar-refractivity contribution in [1.82, 2.24) is 0 Å². The van der Waals surface area contributed by atoms with Crippen molar-refractivity contribution in [2.24, 2.45) is 0 Å². The van der Waals surface area contributed by atoms with Crippen LogP contribution in [0, 0.1) is 0 Å². The SMILES string of the molecule is CCOC(=O)C(CCCc1ccccc1)OC(C)=O. The van der Waals surface area contributed by atoms with E-state index in [1.54, 1.807) is 6.92 Å². The van der Waals surface area contributed by atoms with Crippen LogP contribution in [-0.4, -0.2) is 24.6 Å². The van der Waals surface area contributed by atoms with Crippen LogP contribution in [0.3, 0.4) is 0 Å². The highest BCUT2D eigenvalue weighted by atomic mass is 16.6. The van der Waals surface area contributed by atoms with Crippen molar-refractivity contribution in [1.29, 1.82) is 0 Å². The lowest BCUT2D eigenvalue weighted by Crippen LogP contribution is -2.28. The number of esters is 2. The van der Waals surface area contributed by atoms with Crippen LogP contribution in [0.25, 0.3) is 0 Å². The van der Waals surface area contributed by atoms with Crippen molar-refractivity contribution >= 4 is 11.9 Å². The molecule has 19 heavy (non-hydrogen) atoms. The van der Waals surface area contributed by atoms with E-state index in [9.17, 15) is 9.59 Å². The molecule has 0 N–H and O–H groups in total. The van der Waals surface area contributed by atoms with Crippen molar-refractivity contribution in [2.45, 2.75) is 39.2 Å². The van der Waals surface area contributed by atoms with E-state index in [0.717, 1.165) is 12.8 Å². The van der Waals surface area contributed by atoms with Gasteiger partial charge in [0.1, 0.15) is 0 Å². The molecule has 1 atom stereocenters. The predicted molar refractivity (Wildman–Crippen MR) is 71.6 cm³/mol. The zero-order chi connectivity index (χ0) is 14.1. The molecule has 0 aliphatic carbocycles. The molecule has 0 radical (unpaired) electrons. The van der Waals surface area contributed by atoms with Crippen LogP contribution in [0.5, 0.6) is 0 Å². The second kappa shape index (κ2) is 8.29. The van der Waals surface area contributed by atoms with Crippen LogP contribution in [-0.2, 0) is 25.5 Å². The summed E-state index contributed by atoms with van der Waals surface area (Å²) < 4.78 is 9.88. The molecular weight excluding hydrogens is 244 g/mol. The van der Waals surface area contributed by atoms with Gasteiger partial charge in [0, 0.05) is 6.92 Å². The first-order valence-corrected chi connectivity index (χ1v) is 6.51. The monoisotopic (exact) mass is 264 g/mol. The summed E-state index contributed by atoms with van der Waals surface area (Å²) in [6, 6.07) is 9.98. The van der Waals surface area contributed by atoms with E-state index >= 15 is 0 Å². The van der Waals surface area contributed by atoms with Gasteiger partial charge >= 0.3 is 11.9 Å². The summed E-state index contributed by atoms with van der Waals surface area (Å²) in [7, 11) is 0. The van der Waals surface area contributed by atoms with Crippen molar-refractivity contribution in [3.8, 4) is 0 Å². The first-order valence-electron chi connectivity index (χ1n) is 6.51. The third kappa shape index (κ3) is 6.04. The van der Waals surface area contributed by atoms with E-state index in [-0.39, 0.29) is 6.61 Å². The number of rotatable bonds is 7. The summed E-state index contributed by atoms with van der Waals surface area (Å²) in [6.07, 6.45) is 1.30. The molecule has 104 valence electrons. The molecule has 1 aromatic carbocycles. The van der Waals surface area contributed by atoms with Gasteiger partial charge in [0.2, 0.25) is 0 Å². The molecule has 0 bridgehead atoms. The molecule has 4 nitrogen and oxygen atoms in total. The Kier molecular flexibility index (Phi) is 6.64. The lowest BCUT2D eigenvalue weighted by molar-refractivity contribution is -0.166. The number of hydrogen-bond donors (Lipinski definition) is 0. The number of hydrogen-bond acceptors (Lipinski definition) is 4. The highest BCUT2D eigenvalue weighted by Gasteiger charge is 2.22. The lowest BCUT2D eigenvalue weighted by Gasteiger charge is -2.15. The van der Waals surface area contributed by atoms with Crippen molar-refractivity contribution in [3.63, 3.8) is 0 Å². The normalized spacial score (nSPS) is 11.7. The van der Waals surface area contributed by atoms with E-state index in [2.05, 4.69) is 0 Å². The van der Waals surface area contributed by atoms with Crippen LogP contribution in [0.1, 0.15) is 32.3 Å². The maximum atomic E-state index is 11.6. The van der Waals surface area contributed by atoms with Crippen LogP contribution in [0.15, 0.2) is 30.3 Å². The summed E-state index contributed by atoms with van der Waals surface area (Å²) in [4.78, 5) is 22.6. The number of carbonyl (C=O) groups is 2. The maximum Gasteiger partial charge on any atom is 0.347 e. The van der Waals surface area contributed by atoms with Gasteiger partial charge in [0.25, 0.3) is 0 Å². The first-order chi connectivity index (χ1) is 9.13. The van der Waals surface area contributed by atoms with Crippen molar-refractivity contribution in [2.75, 3.05) is 6.61 Å². The number of ether oxygens (including phenoxy) is 2. The molecule has 0 aromatic heterocycles. The van der Waals surface area contributed by atoms with Gasteiger partial charge in [-0.1, -0.05) is 30.3 Å². The van der Waals surface area contributed by atoms with Gasteiger partial charge in [-0.25, -0.2) is 4.79 Å². The van der Waals surface area contributed by atoms with Crippen LogP contribution in [0.2, 0.25) is 0 Å². The second-order valence-corrected chi connectivity index (χ2v) is 4.23. The Morgan fingerprint density at radius 1 is 1.21 bits per heavy atom. The Balaban J connectivity index is 2.44. The minimum Gasteiger partial charge on any atom is -0.463 e. The summed E-state index contributed by atoms with van der Waals surface area (Å²) in [5.74, 6) is -0.927. The van der Waals surface area contributed by atoms with E-state index in [1.165, 1.54) is 12.5 Å². The van der Waals surface area contributed by atoms with Gasteiger partial charge in [0.15, 0.2) is 6.10 Å². The van der Waals surface area contributed by atoms with E-state index in [4.69, 9.17) is 9.47 Å². The highest BCUT2D eigenvalue weighted by Crippen LogP contribution is 2.10. The maximum absolute atomic E-state index is 11.6. The molecule has 1 unspecified atom stereocenters. The molecule has 0 heterocycles. The fourth-order valence-electron chi connectivity index (χ4n) is 1.80. The summed E-state index contributed by atoms with van der Waals surface area (Å²) >= 11 is 0. The van der Waals surface area contributed by atoms with E-state index in [1.807, 2.05) is 30.3 Å². The molecule has 0 amide bonds. The Labute approximate surface area is 113 Å². The van der Waals surface area contributed by atoms with Crippen molar-refractivity contribution < 1.29 is 19.1 Å². The number of carbonyl (C=O) groups excluding carboxylic acids is 2. The quantitative estimate of drug-likeness (QED) is 0.710. The van der Waals surface area contributed by atoms with Crippen LogP contribution < -0.4 is 0 Å². The molecule has 0 fully saturated rings. The molecule has 4 heteroatoms. The largest absolute Gasteiger partial charge is 0.463 e. The van der Waals surface area contributed by atoms with Gasteiger partial charge in [-0.3, -0.25) is 4.79 Å². The molecule has 0 spiro atoms. The van der Waals surface area contributed by atoms with Crippen molar-refractivity contribution in [3.05, 3.63) is 35.9 Å². The average molecular weight is 264 g/mol. The summed E-state index contributed by atoms with van der Waals surface area (Å²) in [5, 5.41) is 0. The zero-order valence-corrected chi connectivity index (χ0v) is 11.4. The fraction of sp³-hybridized carbons (Fsp3) is 0.467. The van der Waals surface area contributed by atoms with Crippen LogP contribution >= 0.6 is 0 Å². The van der Waals surface area contributed by atoms with Crippen LogP contribution in [0.4, 0.5) is 0 Å². The van der Waals surface area contributed by atoms with E-state index in [0.29, 0.717) is 6.42 Å². The van der Waals surface area contributed by atoms with E-state index < -0.39 is 18.0 Å². The zero-order valence-electron chi connectivity index (χ0n) is 11.4. The van der Waals surface area contributed by atoms with Gasteiger partial charge in [0.05, 0.1) is 6.61 Å². The Hall–Kier alpha value is -1.84. The third-order valence-corrected chi connectivity index (χ3v) is 2.63. The Morgan fingerprint density at radius 3 is 2.47 bits per heavy atom. The van der Waals surface area contributed by atoms with Gasteiger partial charge in [-0.15, -0.1) is 0 Å². The molecule has 1 aromatic rings. The topological polar surface area (TPSA) is 52.6 Å². The Morgan fingerprint density at radius 2 is 1.89 bits per heavy atom. The first kappa shape index (κ1) is 15.2. The highest BCUT2D eigenvalue weighted by molar-refractivity contribution is 5.78. The summed E-state index contributed by atoms with van der Waals surface area (Å²) in [6.45, 7) is 3.31. The third-order valence-electron chi connectivity index (χ3n) is 2.63. The lowest BCUT2D eigenvalue weighted by atomic mass is 10.1. The Bertz CT molecular complexity index is 400. The van der Waals surface area contributed by atoms with Gasteiger partial charge < -0.3 is 9.47 Å². The average Bonchev–Trinajstić information content (AvgIpc) is 2.38. The molecular formula is C15H20O4. The summed E-state index contributed by atoms with van der Waals surface area (Å²) in [5.41, 5.74) is 1.20. The molecule has 0 aliphatic heterocycles. The minimum atomic E-state index is -0.791. The molecule has 0 aliphatic rings. The molecule has 0 saturated heterocycles. The molecule has 1 rings (SSSR count). The number of benzene rings is 1. The second-order valence-electron chi connectivity index (χ2n) is 4.23.